The highest BCUT2D eigenvalue weighted by atomic mass is 35.5. The van der Waals surface area contributed by atoms with Crippen molar-refractivity contribution in [3.63, 3.8) is 0 Å². The Kier molecular flexibility index (Phi) is 6.28. The first-order chi connectivity index (χ1) is 14.6. The van der Waals surface area contributed by atoms with Gasteiger partial charge in [-0.05, 0) is 36.8 Å². The van der Waals surface area contributed by atoms with Crippen LogP contribution in [0.1, 0.15) is 23.2 Å². The summed E-state index contributed by atoms with van der Waals surface area (Å²) in [7, 11) is 0. The summed E-state index contributed by atoms with van der Waals surface area (Å²) in [6.07, 6.45) is 1.01. The van der Waals surface area contributed by atoms with Gasteiger partial charge < -0.3 is 24.0 Å². The van der Waals surface area contributed by atoms with Crippen LogP contribution in [-0.2, 0) is 4.79 Å². The molecule has 0 aliphatic carbocycles. The number of hydrogen-bond donors (Lipinski definition) is 0. The number of rotatable bonds is 6. The monoisotopic (exact) mass is 430 g/mol. The third-order valence-electron chi connectivity index (χ3n) is 5.17. The molecule has 2 heterocycles. The molecule has 0 spiro atoms. The number of nitrogens with zero attached hydrogens (tertiary/aromatic N) is 2. The van der Waals surface area contributed by atoms with E-state index in [0.29, 0.717) is 73.5 Å². The third kappa shape index (κ3) is 4.62. The van der Waals surface area contributed by atoms with E-state index in [9.17, 15) is 9.59 Å². The van der Waals surface area contributed by atoms with Gasteiger partial charge in [0.1, 0.15) is 5.75 Å². The van der Waals surface area contributed by atoms with Crippen LogP contribution in [0.5, 0.6) is 17.2 Å². The highest BCUT2D eigenvalue weighted by Crippen LogP contribution is 2.33. The van der Waals surface area contributed by atoms with Crippen LogP contribution in [-0.4, -0.2) is 61.2 Å². The Morgan fingerprint density at radius 2 is 1.70 bits per heavy atom. The van der Waals surface area contributed by atoms with E-state index in [4.69, 9.17) is 25.8 Å². The molecule has 0 aromatic heterocycles. The highest BCUT2D eigenvalue weighted by Gasteiger charge is 2.26. The molecule has 4 rings (SSSR count). The second-order valence-corrected chi connectivity index (χ2v) is 7.53. The Hall–Kier alpha value is -2.93. The maximum absolute atomic E-state index is 12.7. The number of piperazine rings is 1. The Morgan fingerprint density at radius 1 is 0.967 bits per heavy atom. The number of hydrogen-bond acceptors (Lipinski definition) is 5. The minimum absolute atomic E-state index is 0.0615. The van der Waals surface area contributed by atoms with Gasteiger partial charge in [-0.2, -0.15) is 0 Å². The van der Waals surface area contributed by atoms with Gasteiger partial charge in [0.2, 0.25) is 12.7 Å². The molecule has 8 heteroatoms. The fraction of sp³-hybridized carbons (Fsp3) is 0.364. The van der Waals surface area contributed by atoms with Crippen molar-refractivity contribution in [1.29, 1.82) is 0 Å². The molecule has 0 unspecified atom stereocenters. The van der Waals surface area contributed by atoms with Crippen LogP contribution in [0.15, 0.2) is 42.5 Å². The lowest BCUT2D eigenvalue weighted by Gasteiger charge is -2.35. The van der Waals surface area contributed by atoms with Crippen LogP contribution in [0.4, 0.5) is 0 Å². The average Bonchev–Trinajstić information content (AvgIpc) is 3.25. The number of benzene rings is 2. The normalized spacial score (nSPS) is 15.2. The van der Waals surface area contributed by atoms with Gasteiger partial charge in [-0.15, -0.1) is 0 Å². The average molecular weight is 431 g/mol. The minimum atomic E-state index is -0.0615. The maximum atomic E-state index is 12.7. The van der Waals surface area contributed by atoms with Crippen LogP contribution in [0.25, 0.3) is 0 Å². The maximum Gasteiger partial charge on any atom is 0.254 e. The van der Waals surface area contributed by atoms with Crippen molar-refractivity contribution in [1.82, 2.24) is 9.80 Å². The van der Waals surface area contributed by atoms with Crippen molar-refractivity contribution in [3.05, 3.63) is 53.1 Å². The number of ether oxygens (including phenoxy) is 3. The lowest BCUT2D eigenvalue weighted by Crippen LogP contribution is -2.50. The number of fused-ring (bicyclic) bond motifs is 1. The van der Waals surface area contributed by atoms with E-state index in [1.54, 1.807) is 40.1 Å². The summed E-state index contributed by atoms with van der Waals surface area (Å²) >= 11 is 6.05. The largest absolute Gasteiger partial charge is 0.492 e. The van der Waals surface area contributed by atoms with Crippen molar-refractivity contribution < 1.29 is 23.8 Å². The van der Waals surface area contributed by atoms with Crippen molar-refractivity contribution in [2.75, 3.05) is 39.6 Å². The minimum Gasteiger partial charge on any atom is -0.492 e. The second kappa shape index (κ2) is 9.26. The highest BCUT2D eigenvalue weighted by molar-refractivity contribution is 6.32. The topological polar surface area (TPSA) is 68.3 Å². The number of amides is 2. The molecule has 1 saturated heterocycles. The van der Waals surface area contributed by atoms with Gasteiger partial charge in [-0.25, -0.2) is 0 Å². The van der Waals surface area contributed by atoms with E-state index >= 15 is 0 Å². The van der Waals surface area contributed by atoms with Gasteiger partial charge in [0.15, 0.2) is 11.5 Å². The first kappa shape index (κ1) is 20.3. The first-order valence-electron chi connectivity index (χ1n) is 9.96. The van der Waals surface area contributed by atoms with Gasteiger partial charge in [0, 0.05) is 38.2 Å². The summed E-state index contributed by atoms with van der Waals surface area (Å²) in [5, 5.41) is 0.562. The molecular weight excluding hydrogens is 408 g/mol. The molecule has 2 aromatic carbocycles. The molecule has 2 aromatic rings. The second-order valence-electron chi connectivity index (χ2n) is 7.12. The zero-order valence-electron chi connectivity index (χ0n) is 16.5. The molecule has 1 fully saturated rings. The molecule has 0 saturated carbocycles. The summed E-state index contributed by atoms with van der Waals surface area (Å²) < 4.78 is 16.3. The summed E-state index contributed by atoms with van der Waals surface area (Å²) in [4.78, 5) is 28.8. The van der Waals surface area contributed by atoms with Gasteiger partial charge in [-0.1, -0.05) is 23.7 Å². The molecule has 0 atom stereocenters. The van der Waals surface area contributed by atoms with E-state index in [2.05, 4.69) is 0 Å². The Balaban J connectivity index is 1.20. The predicted molar refractivity (Wildman–Crippen MR) is 111 cm³/mol. The molecule has 2 aliphatic heterocycles. The van der Waals surface area contributed by atoms with Gasteiger partial charge in [0.05, 0.1) is 11.6 Å². The van der Waals surface area contributed by atoms with Crippen LogP contribution in [0.2, 0.25) is 5.02 Å². The number of carbonyl (C=O) groups excluding carboxylic acids is 2. The Labute approximate surface area is 180 Å². The molecule has 0 radical (unpaired) electrons. The van der Waals surface area contributed by atoms with E-state index < -0.39 is 0 Å². The van der Waals surface area contributed by atoms with E-state index in [0.717, 1.165) is 0 Å². The van der Waals surface area contributed by atoms with Crippen molar-refractivity contribution in [2.24, 2.45) is 0 Å². The van der Waals surface area contributed by atoms with Gasteiger partial charge >= 0.3 is 0 Å². The van der Waals surface area contributed by atoms with Gasteiger partial charge in [0.25, 0.3) is 5.91 Å². The first-order valence-corrected chi connectivity index (χ1v) is 10.3. The van der Waals surface area contributed by atoms with E-state index in [1.165, 1.54) is 0 Å². The summed E-state index contributed by atoms with van der Waals surface area (Å²) in [5.74, 6) is 1.89. The smallest absolute Gasteiger partial charge is 0.254 e. The third-order valence-corrected chi connectivity index (χ3v) is 5.48. The number of carbonyl (C=O) groups is 2. The zero-order valence-corrected chi connectivity index (χ0v) is 17.3. The van der Waals surface area contributed by atoms with Crippen molar-refractivity contribution >= 4 is 23.4 Å². The SMILES string of the molecule is O=C(CCCOc1ccccc1Cl)N1CCN(C(=O)c2ccc3c(c2)OCO3)CC1. The molecule has 30 heavy (non-hydrogen) atoms. The van der Waals surface area contributed by atoms with Crippen LogP contribution < -0.4 is 14.2 Å². The molecule has 0 N–H and O–H groups in total. The van der Waals surface area contributed by atoms with Crippen LogP contribution in [0.3, 0.4) is 0 Å². The molecule has 2 aliphatic rings. The number of halogens is 1. The van der Waals surface area contributed by atoms with Gasteiger partial charge in [-0.3, -0.25) is 9.59 Å². The molecule has 0 bridgehead atoms. The predicted octanol–water partition coefficient (Wildman–Crippen LogP) is 3.21. The molecule has 2 amide bonds. The van der Waals surface area contributed by atoms with Crippen LogP contribution >= 0.6 is 11.6 Å². The number of para-hydroxylation sites is 1. The van der Waals surface area contributed by atoms with E-state index in [1.807, 2.05) is 12.1 Å². The Bertz CT molecular complexity index is 927. The Morgan fingerprint density at radius 3 is 2.50 bits per heavy atom. The molecular formula is C22H23ClN2O5. The quantitative estimate of drug-likeness (QED) is 0.658. The standard InChI is InChI=1S/C22H23ClN2O5/c23-17-4-1-2-5-18(17)28-13-3-6-21(26)24-9-11-25(12-10-24)22(27)16-7-8-19-20(14-16)30-15-29-19/h1-2,4-5,7-8,14H,3,6,9-13,15H2. The summed E-state index contributed by atoms with van der Waals surface area (Å²) in [6, 6.07) is 12.5. The fourth-order valence-electron chi connectivity index (χ4n) is 3.50. The fourth-order valence-corrected chi connectivity index (χ4v) is 3.69. The van der Waals surface area contributed by atoms with Crippen molar-refractivity contribution in [2.45, 2.75) is 12.8 Å². The van der Waals surface area contributed by atoms with E-state index in [-0.39, 0.29) is 18.6 Å². The lowest BCUT2D eigenvalue weighted by atomic mass is 10.1. The van der Waals surface area contributed by atoms with Crippen LogP contribution in [0, 0.1) is 0 Å². The molecule has 158 valence electrons. The van der Waals surface area contributed by atoms with Crippen molar-refractivity contribution in [3.8, 4) is 17.2 Å². The summed E-state index contributed by atoms with van der Waals surface area (Å²) in [5.41, 5.74) is 0.566. The lowest BCUT2D eigenvalue weighted by molar-refractivity contribution is -0.132. The molecule has 7 nitrogen and oxygen atoms in total. The zero-order chi connectivity index (χ0) is 20.9. The summed E-state index contributed by atoms with van der Waals surface area (Å²) in [6.45, 7) is 2.68.